The van der Waals surface area contributed by atoms with Crippen LogP contribution in [-0.4, -0.2) is 33.4 Å². The summed E-state index contributed by atoms with van der Waals surface area (Å²) in [7, 11) is 1.45. The first-order chi connectivity index (χ1) is 9.58. The molecule has 2 aromatic rings. The van der Waals surface area contributed by atoms with E-state index in [1.165, 1.54) is 18.9 Å². The average Bonchev–Trinajstić information content (AvgIpc) is 2.89. The Morgan fingerprint density at radius 2 is 2.15 bits per heavy atom. The Kier molecular flexibility index (Phi) is 4.86. The van der Waals surface area contributed by atoms with Gasteiger partial charge in [0.2, 0.25) is 11.9 Å². The SMILES string of the molecule is COc1n[nH]c(NC(=O)C(C)Sc2ccc(Cl)cc2)n1. The van der Waals surface area contributed by atoms with Crippen molar-refractivity contribution < 1.29 is 9.53 Å². The van der Waals surface area contributed by atoms with Crippen molar-refractivity contribution in [3.8, 4) is 6.01 Å². The second-order valence-corrected chi connectivity index (χ2v) is 5.72. The number of methoxy groups -OCH3 is 1. The summed E-state index contributed by atoms with van der Waals surface area (Å²) in [4.78, 5) is 16.9. The van der Waals surface area contributed by atoms with Crippen LogP contribution in [0.3, 0.4) is 0 Å². The maximum atomic E-state index is 12.0. The van der Waals surface area contributed by atoms with Gasteiger partial charge in [-0.15, -0.1) is 16.9 Å². The zero-order valence-corrected chi connectivity index (χ0v) is 12.5. The Hall–Kier alpha value is -1.73. The highest BCUT2D eigenvalue weighted by Crippen LogP contribution is 2.25. The van der Waals surface area contributed by atoms with Gasteiger partial charge in [0.25, 0.3) is 0 Å². The lowest BCUT2D eigenvalue weighted by Gasteiger charge is -2.10. The summed E-state index contributed by atoms with van der Waals surface area (Å²) in [6.07, 6.45) is 0. The van der Waals surface area contributed by atoms with Crippen LogP contribution in [0.5, 0.6) is 6.01 Å². The number of rotatable bonds is 5. The molecule has 2 rings (SSSR count). The van der Waals surface area contributed by atoms with E-state index < -0.39 is 0 Å². The van der Waals surface area contributed by atoms with Gasteiger partial charge in [-0.1, -0.05) is 11.6 Å². The summed E-state index contributed by atoms with van der Waals surface area (Å²) < 4.78 is 4.82. The first-order valence-electron chi connectivity index (χ1n) is 5.78. The van der Waals surface area contributed by atoms with Crippen molar-refractivity contribution in [2.75, 3.05) is 12.4 Å². The second-order valence-electron chi connectivity index (χ2n) is 3.87. The fourth-order valence-corrected chi connectivity index (χ4v) is 2.38. The number of aromatic amines is 1. The van der Waals surface area contributed by atoms with E-state index in [2.05, 4.69) is 20.5 Å². The van der Waals surface area contributed by atoms with Gasteiger partial charge in [0.1, 0.15) is 0 Å². The van der Waals surface area contributed by atoms with E-state index >= 15 is 0 Å². The summed E-state index contributed by atoms with van der Waals surface area (Å²) in [5.74, 6) is 0.0826. The molecule has 1 aromatic carbocycles. The van der Waals surface area contributed by atoms with Crippen LogP contribution in [0.15, 0.2) is 29.2 Å². The molecule has 8 heteroatoms. The molecule has 0 saturated heterocycles. The summed E-state index contributed by atoms with van der Waals surface area (Å²) in [5, 5.41) is 9.33. The Balaban J connectivity index is 1.93. The first-order valence-corrected chi connectivity index (χ1v) is 7.03. The molecule has 1 unspecified atom stereocenters. The number of nitrogens with one attached hydrogen (secondary N) is 2. The molecular weight excluding hydrogens is 300 g/mol. The highest BCUT2D eigenvalue weighted by atomic mass is 35.5. The van der Waals surface area contributed by atoms with Gasteiger partial charge in [-0.2, -0.15) is 4.98 Å². The molecule has 1 amide bonds. The van der Waals surface area contributed by atoms with Crippen LogP contribution in [0.25, 0.3) is 0 Å². The summed E-state index contributed by atoms with van der Waals surface area (Å²) in [5.41, 5.74) is 0. The molecule has 0 spiro atoms. The smallest absolute Gasteiger partial charge is 0.336 e. The third-order valence-corrected chi connectivity index (χ3v) is 3.75. The van der Waals surface area contributed by atoms with Gasteiger partial charge in [-0.25, -0.2) is 5.10 Å². The monoisotopic (exact) mass is 312 g/mol. The van der Waals surface area contributed by atoms with E-state index in [0.29, 0.717) is 5.02 Å². The zero-order valence-electron chi connectivity index (χ0n) is 10.9. The van der Waals surface area contributed by atoms with Crippen LogP contribution in [0.4, 0.5) is 5.95 Å². The number of hydrogen-bond donors (Lipinski definition) is 2. The van der Waals surface area contributed by atoms with Gasteiger partial charge >= 0.3 is 6.01 Å². The van der Waals surface area contributed by atoms with E-state index in [-0.39, 0.29) is 23.1 Å². The quantitative estimate of drug-likeness (QED) is 0.830. The maximum Gasteiger partial charge on any atom is 0.336 e. The first kappa shape index (κ1) is 14.7. The summed E-state index contributed by atoms with van der Waals surface area (Å²) >= 11 is 7.24. The van der Waals surface area contributed by atoms with Crippen molar-refractivity contribution in [2.24, 2.45) is 0 Å². The van der Waals surface area contributed by atoms with Crippen LogP contribution >= 0.6 is 23.4 Å². The molecule has 0 radical (unpaired) electrons. The fraction of sp³-hybridized carbons (Fsp3) is 0.250. The van der Waals surface area contributed by atoms with Crippen molar-refractivity contribution in [2.45, 2.75) is 17.1 Å². The van der Waals surface area contributed by atoms with E-state index in [1.54, 1.807) is 12.1 Å². The molecule has 0 fully saturated rings. The van der Waals surface area contributed by atoms with Gasteiger partial charge in [0, 0.05) is 9.92 Å². The predicted molar refractivity (Wildman–Crippen MR) is 78.3 cm³/mol. The molecule has 106 valence electrons. The minimum absolute atomic E-state index is 0.177. The van der Waals surface area contributed by atoms with Gasteiger partial charge in [0.15, 0.2) is 0 Å². The Bertz CT molecular complexity index is 587. The highest BCUT2D eigenvalue weighted by molar-refractivity contribution is 8.00. The lowest BCUT2D eigenvalue weighted by molar-refractivity contribution is -0.115. The molecule has 1 aromatic heterocycles. The highest BCUT2D eigenvalue weighted by Gasteiger charge is 2.16. The molecule has 1 heterocycles. The van der Waals surface area contributed by atoms with E-state index in [0.717, 1.165) is 4.90 Å². The number of benzene rings is 1. The Morgan fingerprint density at radius 3 is 2.75 bits per heavy atom. The van der Waals surface area contributed by atoms with Gasteiger partial charge in [-0.05, 0) is 31.2 Å². The molecule has 0 saturated carbocycles. The maximum absolute atomic E-state index is 12.0. The lowest BCUT2D eigenvalue weighted by atomic mass is 10.4. The molecule has 0 aliphatic carbocycles. The molecule has 2 N–H and O–H groups in total. The Morgan fingerprint density at radius 1 is 1.45 bits per heavy atom. The molecule has 0 aliphatic heterocycles. The number of anilines is 1. The second kappa shape index (κ2) is 6.62. The number of aromatic nitrogens is 3. The molecule has 0 bridgehead atoms. The Labute approximate surface area is 125 Å². The van der Waals surface area contributed by atoms with Crippen molar-refractivity contribution in [3.63, 3.8) is 0 Å². The average molecular weight is 313 g/mol. The van der Waals surface area contributed by atoms with Gasteiger partial charge in [-0.3, -0.25) is 10.1 Å². The van der Waals surface area contributed by atoms with Crippen LogP contribution in [0, 0.1) is 0 Å². The molecule has 0 aliphatic rings. The molecular formula is C12H13ClN4O2S. The van der Waals surface area contributed by atoms with Crippen LogP contribution in [0.2, 0.25) is 5.02 Å². The minimum Gasteiger partial charge on any atom is -0.466 e. The van der Waals surface area contributed by atoms with Crippen LogP contribution in [0.1, 0.15) is 6.92 Å². The van der Waals surface area contributed by atoms with Crippen molar-refractivity contribution >= 4 is 35.2 Å². The summed E-state index contributed by atoms with van der Waals surface area (Å²) in [6, 6.07) is 7.49. The van der Waals surface area contributed by atoms with Crippen molar-refractivity contribution in [1.29, 1.82) is 0 Å². The van der Waals surface area contributed by atoms with E-state index in [4.69, 9.17) is 16.3 Å². The normalized spacial score (nSPS) is 11.9. The van der Waals surface area contributed by atoms with Crippen molar-refractivity contribution in [1.82, 2.24) is 15.2 Å². The standard InChI is InChI=1S/C12H13ClN4O2S/c1-7(20-9-5-3-8(13)4-6-9)10(18)14-11-15-12(19-2)17-16-11/h3-7H,1-2H3,(H2,14,15,16,17,18). The van der Waals surface area contributed by atoms with E-state index in [9.17, 15) is 4.79 Å². The number of hydrogen-bond acceptors (Lipinski definition) is 5. The number of nitrogens with zero attached hydrogens (tertiary/aromatic N) is 2. The third kappa shape index (κ3) is 3.88. The largest absolute Gasteiger partial charge is 0.466 e. The summed E-state index contributed by atoms with van der Waals surface area (Å²) in [6.45, 7) is 1.81. The minimum atomic E-state index is -0.285. The zero-order chi connectivity index (χ0) is 14.5. The van der Waals surface area contributed by atoms with Gasteiger partial charge < -0.3 is 4.74 Å². The topological polar surface area (TPSA) is 79.9 Å². The number of carbonyl (C=O) groups is 1. The lowest BCUT2D eigenvalue weighted by Crippen LogP contribution is -2.23. The number of carbonyl (C=O) groups excluding carboxylic acids is 1. The van der Waals surface area contributed by atoms with Crippen molar-refractivity contribution in [3.05, 3.63) is 29.3 Å². The van der Waals surface area contributed by atoms with Gasteiger partial charge in [0.05, 0.1) is 12.4 Å². The van der Waals surface area contributed by atoms with Crippen LogP contribution in [-0.2, 0) is 4.79 Å². The number of thioether (sulfide) groups is 1. The third-order valence-electron chi connectivity index (χ3n) is 2.38. The molecule has 1 atom stereocenters. The van der Waals surface area contributed by atoms with Crippen LogP contribution < -0.4 is 10.1 Å². The number of H-pyrrole nitrogens is 1. The predicted octanol–water partition coefficient (Wildman–Crippen LogP) is 2.59. The number of ether oxygens (including phenoxy) is 1. The van der Waals surface area contributed by atoms with E-state index in [1.807, 2.05) is 19.1 Å². The molecule has 20 heavy (non-hydrogen) atoms. The fourth-order valence-electron chi connectivity index (χ4n) is 1.38. The molecule has 6 nitrogen and oxygen atoms in total. The number of amides is 1. The number of halogens is 1.